The van der Waals surface area contributed by atoms with E-state index in [4.69, 9.17) is 4.74 Å². The maximum atomic E-state index is 13.2. The predicted octanol–water partition coefficient (Wildman–Crippen LogP) is 3.19. The van der Waals surface area contributed by atoms with Crippen LogP contribution in [0.15, 0.2) is 24.3 Å². The quantitative estimate of drug-likeness (QED) is 0.843. The van der Waals surface area contributed by atoms with Gasteiger partial charge in [0.05, 0.1) is 18.8 Å². The summed E-state index contributed by atoms with van der Waals surface area (Å²) in [5.41, 5.74) is 1.10. The average molecular weight is 362 g/mol. The minimum atomic E-state index is -0.405. The highest BCUT2D eigenvalue weighted by Gasteiger charge is 2.40. The lowest BCUT2D eigenvalue weighted by atomic mass is 9.98. The molecule has 0 spiro atoms. The molecule has 5 heteroatoms. The Bertz CT molecular complexity index is 562. The lowest BCUT2D eigenvalue weighted by Crippen LogP contribution is -2.56. The molecule has 2 aliphatic heterocycles. The Morgan fingerprint density at radius 2 is 1.65 bits per heavy atom. The van der Waals surface area contributed by atoms with Crippen LogP contribution >= 0.6 is 0 Å². The van der Waals surface area contributed by atoms with Crippen LogP contribution < -0.4 is 4.90 Å². The van der Waals surface area contributed by atoms with Crippen molar-refractivity contribution >= 4 is 5.69 Å². The van der Waals surface area contributed by atoms with Crippen molar-refractivity contribution in [3.8, 4) is 0 Å². The summed E-state index contributed by atoms with van der Waals surface area (Å²) < 4.78 is 19.1. The number of ether oxygens (including phenoxy) is 1. The standard InChI is InChI=1S/C21H31FN2O2/c22-16-6-8-17(9-7-16)23-12-18-10-11-19(13-23)24(18)14-20(25)15-26-21-4-2-1-3-5-21/h6-9,18-21,25H,1-5,10-15H2/t18?,19?,20-/m0/s1. The summed E-state index contributed by atoms with van der Waals surface area (Å²) in [4.78, 5) is 4.85. The lowest BCUT2D eigenvalue weighted by Gasteiger charge is -2.43. The van der Waals surface area contributed by atoms with Gasteiger partial charge in [0.1, 0.15) is 5.82 Å². The number of fused-ring (bicyclic) bond motifs is 2. The zero-order chi connectivity index (χ0) is 17.9. The molecule has 0 aromatic heterocycles. The minimum absolute atomic E-state index is 0.184. The van der Waals surface area contributed by atoms with Crippen molar-refractivity contribution in [2.75, 3.05) is 31.1 Å². The van der Waals surface area contributed by atoms with Crippen molar-refractivity contribution in [3.63, 3.8) is 0 Å². The van der Waals surface area contributed by atoms with Crippen LogP contribution in [0, 0.1) is 5.82 Å². The molecule has 3 fully saturated rings. The highest BCUT2D eigenvalue weighted by Crippen LogP contribution is 2.33. The largest absolute Gasteiger partial charge is 0.389 e. The molecule has 1 aliphatic carbocycles. The molecule has 1 saturated carbocycles. The fraction of sp³-hybridized carbons (Fsp3) is 0.714. The van der Waals surface area contributed by atoms with E-state index in [9.17, 15) is 9.50 Å². The van der Waals surface area contributed by atoms with Crippen LogP contribution in [-0.4, -0.2) is 60.5 Å². The van der Waals surface area contributed by atoms with E-state index in [0.717, 1.165) is 31.6 Å². The number of aliphatic hydroxyl groups is 1. The lowest BCUT2D eigenvalue weighted by molar-refractivity contribution is -0.0389. The van der Waals surface area contributed by atoms with Crippen molar-refractivity contribution < 1.29 is 14.2 Å². The minimum Gasteiger partial charge on any atom is -0.389 e. The monoisotopic (exact) mass is 362 g/mol. The summed E-state index contributed by atoms with van der Waals surface area (Å²) in [5, 5.41) is 10.5. The van der Waals surface area contributed by atoms with Crippen LogP contribution in [0.3, 0.4) is 0 Å². The summed E-state index contributed by atoms with van der Waals surface area (Å²) in [6.45, 7) is 3.08. The highest BCUT2D eigenvalue weighted by atomic mass is 19.1. The van der Waals surface area contributed by atoms with E-state index in [2.05, 4.69) is 9.80 Å². The molecule has 1 aromatic carbocycles. The van der Waals surface area contributed by atoms with Gasteiger partial charge in [-0.05, 0) is 49.9 Å². The van der Waals surface area contributed by atoms with Gasteiger partial charge in [-0.1, -0.05) is 19.3 Å². The van der Waals surface area contributed by atoms with E-state index < -0.39 is 6.10 Å². The molecule has 3 aliphatic rings. The van der Waals surface area contributed by atoms with Crippen molar-refractivity contribution in [2.24, 2.45) is 0 Å². The molecule has 144 valence electrons. The molecule has 0 radical (unpaired) electrons. The first-order chi connectivity index (χ1) is 12.7. The first-order valence-corrected chi connectivity index (χ1v) is 10.2. The van der Waals surface area contributed by atoms with Gasteiger partial charge in [0.25, 0.3) is 0 Å². The molecule has 26 heavy (non-hydrogen) atoms. The second-order valence-corrected chi connectivity index (χ2v) is 8.21. The first kappa shape index (κ1) is 18.2. The fourth-order valence-corrected chi connectivity index (χ4v) is 4.93. The van der Waals surface area contributed by atoms with Gasteiger partial charge in [0, 0.05) is 37.4 Å². The summed E-state index contributed by atoms with van der Waals surface area (Å²) in [6, 6.07) is 7.77. The zero-order valence-corrected chi connectivity index (χ0v) is 15.5. The molecule has 2 unspecified atom stereocenters. The predicted molar refractivity (Wildman–Crippen MR) is 101 cm³/mol. The second-order valence-electron chi connectivity index (χ2n) is 8.21. The van der Waals surface area contributed by atoms with E-state index >= 15 is 0 Å². The van der Waals surface area contributed by atoms with Gasteiger partial charge in [-0.3, -0.25) is 4.90 Å². The van der Waals surface area contributed by atoms with Crippen molar-refractivity contribution in [2.45, 2.75) is 69.2 Å². The fourth-order valence-electron chi connectivity index (χ4n) is 4.93. The molecule has 1 aromatic rings. The molecular weight excluding hydrogens is 331 g/mol. The van der Waals surface area contributed by atoms with E-state index in [-0.39, 0.29) is 5.82 Å². The van der Waals surface area contributed by atoms with E-state index in [0.29, 0.717) is 31.3 Å². The third-order valence-electron chi connectivity index (χ3n) is 6.32. The Kier molecular flexibility index (Phi) is 5.77. The van der Waals surface area contributed by atoms with Gasteiger partial charge in [0.2, 0.25) is 0 Å². The van der Waals surface area contributed by atoms with Gasteiger partial charge in [-0.2, -0.15) is 0 Å². The van der Waals surface area contributed by atoms with Crippen LogP contribution in [0.1, 0.15) is 44.9 Å². The molecule has 4 nitrogen and oxygen atoms in total. The number of benzene rings is 1. The SMILES string of the molecule is O[C@H](COC1CCCCC1)CN1C2CCC1CN(c1ccc(F)cc1)C2. The maximum absolute atomic E-state index is 13.2. The number of hydrogen-bond acceptors (Lipinski definition) is 4. The molecule has 3 atom stereocenters. The van der Waals surface area contributed by atoms with Crippen LogP contribution in [0.25, 0.3) is 0 Å². The van der Waals surface area contributed by atoms with Gasteiger partial charge in [0.15, 0.2) is 0 Å². The van der Waals surface area contributed by atoms with Gasteiger partial charge < -0.3 is 14.7 Å². The van der Waals surface area contributed by atoms with E-state index in [1.165, 1.54) is 44.2 Å². The van der Waals surface area contributed by atoms with Gasteiger partial charge in [-0.25, -0.2) is 4.39 Å². The number of rotatable bonds is 6. The second kappa shape index (κ2) is 8.24. The molecule has 2 bridgehead atoms. The van der Waals surface area contributed by atoms with Crippen molar-refractivity contribution in [3.05, 3.63) is 30.1 Å². The smallest absolute Gasteiger partial charge is 0.123 e. The highest BCUT2D eigenvalue weighted by molar-refractivity contribution is 5.47. The van der Waals surface area contributed by atoms with Crippen molar-refractivity contribution in [1.82, 2.24) is 4.90 Å². The topological polar surface area (TPSA) is 35.9 Å². The number of halogens is 1. The third-order valence-corrected chi connectivity index (χ3v) is 6.32. The molecule has 4 rings (SSSR count). The Hall–Kier alpha value is -1.17. The zero-order valence-electron chi connectivity index (χ0n) is 15.5. The number of hydrogen-bond donors (Lipinski definition) is 1. The summed E-state index contributed by atoms with van der Waals surface area (Å²) >= 11 is 0. The van der Waals surface area contributed by atoms with E-state index in [1.807, 2.05) is 12.1 Å². The Morgan fingerprint density at radius 1 is 1.00 bits per heavy atom. The van der Waals surface area contributed by atoms with Crippen molar-refractivity contribution in [1.29, 1.82) is 0 Å². The number of piperazine rings is 1. The van der Waals surface area contributed by atoms with Crippen LogP contribution in [0.5, 0.6) is 0 Å². The molecule has 1 N–H and O–H groups in total. The third kappa shape index (κ3) is 4.21. The average Bonchev–Trinajstić information content (AvgIpc) is 2.89. The van der Waals surface area contributed by atoms with Gasteiger partial charge in [-0.15, -0.1) is 0 Å². The summed E-state index contributed by atoms with van der Waals surface area (Å²) in [7, 11) is 0. The summed E-state index contributed by atoms with van der Waals surface area (Å²) in [6.07, 6.45) is 8.44. The summed E-state index contributed by atoms with van der Waals surface area (Å²) in [5.74, 6) is -0.184. The number of nitrogens with zero attached hydrogens (tertiary/aromatic N) is 2. The normalized spacial score (nSPS) is 28.5. The Morgan fingerprint density at radius 3 is 2.31 bits per heavy atom. The number of aliphatic hydroxyl groups excluding tert-OH is 1. The van der Waals surface area contributed by atoms with Crippen LogP contribution in [0.2, 0.25) is 0 Å². The van der Waals surface area contributed by atoms with Crippen LogP contribution in [0.4, 0.5) is 10.1 Å². The molecule has 2 saturated heterocycles. The molecular formula is C21H31FN2O2. The molecule has 0 amide bonds. The Labute approximate surface area is 155 Å². The maximum Gasteiger partial charge on any atom is 0.123 e. The van der Waals surface area contributed by atoms with Crippen LogP contribution in [-0.2, 0) is 4.74 Å². The van der Waals surface area contributed by atoms with E-state index in [1.54, 1.807) is 0 Å². The Balaban J connectivity index is 1.28. The number of anilines is 1. The van der Waals surface area contributed by atoms with Gasteiger partial charge >= 0.3 is 0 Å². The first-order valence-electron chi connectivity index (χ1n) is 10.2. The molecule has 2 heterocycles.